The van der Waals surface area contributed by atoms with Crippen LogP contribution in [-0.2, 0) is 21.4 Å². The van der Waals surface area contributed by atoms with Crippen LogP contribution in [0.2, 0.25) is 0 Å². The monoisotopic (exact) mass is 470 g/mol. The van der Waals surface area contributed by atoms with E-state index in [4.69, 9.17) is 4.74 Å². The fourth-order valence-corrected chi connectivity index (χ4v) is 3.36. The van der Waals surface area contributed by atoms with Crippen molar-refractivity contribution in [3.63, 3.8) is 0 Å². The summed E-state index contributed by atoms with van der Waals surface area (Å²) < 4.78 is 45.7. The minimum Gasteiger partial charge on any atom is -0.469 e. The summed E-state index contributed by atoms with van der Waals surface area (Å²) in [6.45, 7) is 1.10. The molecule has 1 aliphatic rings. The van der Waals surface area contributed by atoms with E-state index in [2.05, 4.69) is 31.4 Å². The summed E-state index contributed by atoms with van der Waals surface area (Å²) in [5.74, 6) is -3.95. The fourth-order valence-electron chi connectivity index (χ4n) is 3.10. The lowest BCUT2D eigenvalue weighted by Crippen LogP contribution is -2.52. The van der Waals surface area contributed by atoms with Gasteiger partial charge in [0.25, 0.3) is 0 Å². The molecule has 1 aromatic heterocycles. The molecule has 2 N–H and O–H groups in total. The van der Waals surface area contributed by atoms with Crippen molar-refractivity contribution in [2.24, 2.45) is 5.92 Å². The summed E-state index contributed by atoms with van der Waals surface area (Å²) in [4.78, 5) is 12.4. The van der Waals surface area contributed by atoms with Crippen molar-refractivity contribution in [3.05, 3.63) is 40.1 Å². The molecule has 1 aromatic carbocycles. The van der Waals surface area contributed by atoms with E-state index >= 15 is 0 Å². The number of halogens is 5. The molecule has 27 heavy (non-hydrogen) atoms. The summed E-state index contributed by atoms with van der Waals surface area (Å²) in [5.41, 5.74) is -1.72. The molecule has 0 radical (unpaired) electrons. The molecule has 3 rings (SSSR count). The Bertz CT molecular complexity index is 842. The first-order chi connectivity index (χ1) is 12.1. The summed E-state index contributed by atoms with van der Waals surface area (Å²) >= 11 is 3.29. The van der Waals surface area contributed by atoms with Crippen LogP contribution >= 0.6 is 28.3 Å². The van der Waals surface area contributed by atoms with Gasteiger partial charge in [-0.3, -0.25) is 9.36 Å². The van der Waals surface area contributed by atoms with Crippen LogP contribution in [0.3, 0.4) is 0 Å². The van der Waals surface area contributed by atoms with Crippen LogP contribution in [0.25, 0.3) is 0 Å². The lowest BCUT2D eigenvalue weighted by atomic mass is 9.83. The summed E-state index contributed by atoms with van der Waals surface area (Å²) in [7, 11) is 1.10. The van der Waals surface area contributed by atoms with Gasteiger partial charge in [0.1, 0.15) is 5.92 Å². The van der Waals surface area contributed by atoms with Gasteiger partial charge < -0.3 is 15.2 Å². The van der Waals surface area contributed by atoms with Crippen LogP contribution in [0, 0.1) is 5.92 Å². The number of benzene rings is 1. The molecule has 0 fully saturated rings. The topological polar surface area (TPSA) is 89.3 Å². The highest BCUT2D eigenvalue weighted by Crippen LogP contribution is 2.45. The summed E-state index contributed by atoms with van der Waals surface area (Å²) in [6.07, 6.45) is -4.86. The zero-order chi connectivity index (χ0) is 19.3. The number of esters is 1. The Morgan fingerprint density at radius 1 is 1.33 bits per heavy atom. The number of hydrogen-bond acceptors (Lipinski definition) is 6. The smallest absolute Gasteiger partial charge is 0.451 e. The Morgan fingerprint density at radius 3 is 2.44 bits per heavy atom. The van der Waals surface area contributed by atoms with Gasteiger partial charge in [-0.15, -0.1) is 22.6 Å². The number of aliphatic hydroxyl groups is 1. The van der Waals surface area contributed by atoms with E-state index in [0.29, 0.717) is 10.1 Å². The average Bonchev–Trinajstić information content (AvgIpc) is 2.99. The number of methoxy groups -OCH3 is 1. The van der Waals surface area contributed by atoms with Crippen molar-refractivity contribution in [1.29, 1.82) is 0 Å². The van der Waals surface area contributed by atoms with E-state index < -0.39 is 35.7 Å². The molecule has 3 atom stereocenters. The molecule has 0 amide bonds. The first kappa shape index (κ1) is 21.5. The Morgan fingerprint density at radius 2 is 1.93 bits per heavy atom. The third kappa shape index (κ3) is 3.63. The highest BCUT2D eigenvalue weighted by Gasteiger charge is 2.55. The second-order valence-electron chi connectivity index (χ2n) is 5.95. The van der Waals surface area contributed by atoms with Crippen LogP contribution in [0.4, 0.5) is 19.1 Å². The maximum Gasteiger partial charge on any atom is 0.451 e. The van der Waals surface area contributed by atoms with Gasteiger partial charge in [0, 0.05) is 4.47 Å². The number of aromatic nitrogens is 3. The number of carbonyl (C=O) groups excluding carboxylic acids is 1. The molecule has 0 spiro atoms. The number of anilines is 1. The lowest BCUT2D eigenvalue weighted by Gasteiger charge is -2.42. The maximum atomic E-state index is 13.2. The molecule has 3 unspecified atom stereocenters. The van der Waals surface area contributed by atoms with Crippen LogP contribution in [0.5, 0.6) is 0 Å². The second kappa shape index (κ2) is 7.28. The van der Waals surface area contributed by atoms with Gasteiger partial charge in [-0.05, 0) is 24.6 Å². The average molecular weight is 472 g/mol. The number of nitrogens with zero attached hydrogens (tertiary/aromatic N) is 3. The molecular formula is C15H15BrClF3N4O3. The minimum absolute atomic E-state index is 0. The van der Waals surface area contributed by atoms with Gasteiger partial charge in [-0.1, -0.05) is 28.1 Å². The van der Waals surface area contributed by atoms with Crippen molar-refractivity contribution in [3.8, 4) is 0 Å². The maximum absolute atomic E-state index is 13.2. The van der Waals surface area contributed by atoms with Gasteiger partial charge >= 0.3 is 12.1 Å². The lowest BCUT2D eigenvalue weighted by molar-refractivity contribution is -0.179. The van der Waals surface area contributed by atoms with Crippen LogP contribution < -0.4 is 5.32 Å². The molecule has 0 saturated heterocycles. The first-order valence-corrected chi connectivity index (χ1v) is 8.22. The molecule has 148 valence electrons. The molecular weight excluding hydrogens is 457 g/mol. The Balaban J connectivity index is 0.00000261. The van der Waals surface area contributed by atoms with E-state index in [9.17, 15) is 23.1 Å². The number of rotatable bonds is 2. The normalized spacial score (nSPS) is 24.4. The molecule has 12 heteroatoms. The second-order valence-corrected chi connectivity index (χ2v) is 6.86. The molecule has 0 saturated carbocycles. The quantitative estimate of drug-likeness (QED) is 0.655. The van der Waals surface area contributed by atoms with E-state index in [0.717, 1.165) is 18.5 Å². The highest BCUT2D eigenvalue weighted by atomic mass is 79.9. The highest BCUT2D eigenvalue weighted by molar-refractivity contribution is 9.10. The van der Waals surface area contributed by atoms with Gasteiger partial charge in [-0.2, -0.15) is 13.2 Å². The summed E-state index contributed by atoms with van der Waals surface area (Å²) in [5, 5.41) is 20.3. The van der Waals surface area contributed by atoms with Crippen molar-refractivity contribution in [2.75, 3.05) is 12.4 Å². The Labute approximate surface area is 166 Å². The van der Waals surface area contributed by atoms with Crippen molar-refractivity contribution in [1.82, 2.24) is 14.8 Å². The molecule has 7 nitrogen and oxygen atoms in total. The number of nitrogens with one attached hydrogen (secondary N) is 1. The summed E-state index contributed by atoms with van der Waals surface area (Å²) in [6, 6.07) is 5.89. The molecule has 2 heterocycles. The number of ether oxygens (including phenoxy) is 1. The van der Waals surface area contributed by atoms with Crippen molar-refractivity contribution in [2.45, 2.75) is 24.9 Å². The number of fused-ring (bicyclic) bond motifs is 1. The zero-order valence-electron chi connectivity index (χ0n) is 14.0. The number of hydrogen-bond donors (Lipinski definition) is 2. The van der Waals surface area contributed by atoms with Crippen molar-refractivity contribution >= 4 is 40.3 Å². The van der Waals surface area contributed by atoms with Crippen LogP contribution in [0.15, 0.2) is 28.7 Å². The van der Waals surface area contributed by atoms with E-state index in [-0.39, 0.29) is 18.4 Å². The Hall–Kier alpha value is -1.85. The van der Waals surface area contributed by atoms with Gasteiger partial charge in [0.2, 0.25) is 11.8 Å². The standard InChI is InChI=1S/C15H14BrF3N4O3.ClH/c1-14(25)9(11(24)26-2)10(7-3-5-8(16)6-4-7)20-13-22-21-12(23(13)14)15(17,18)19;/h3-6,9-10,25H,1-2H3,(H,20,22);1H. The van der Waals surface area contributed by atoms with Gasteiger partial charge in [0.15, 0.2) is 5.72 Å². The zero-order valence-corrected chi connectivity index (χ0v) is 16.4. The Kier molecular flexibility index (Phi) is 5.79. The molecule has 0 bridgehead atoms. The largest absolute Gasteiger partial charge is 0.469 e. The van der Waals surface area contributed by atoms with E-state index in [1.165, 1.54) is 0 Å². The number of carbonyl (C=O) groups is 1. The minimum atomic E-state index is -4.86. The molecule has 2 aromatic rings. The fraction of sp³-hybridized carbons (Fsp3) is 0.400. The predicted molar refractivity (Wildman–Crippen MR) is 94.2 cm³/mol. The third-order valence-corrected chi connectivity index (χ3v) is 4.79. The van der Waals surface area contributed by atoms with E-state index in [1.54, 1.807) is 24.3 Å². The SMILES string of the molecule is COC(=O)C1C(c2ccc(Br)cc2)Nc2nnc(C(F)(F)F)n2C1(C)O.Cl. The number of alkyl halides is 3. The molecule has 0 aliphatic carbocycles. The predicted octanol–water partition coefficient (Wildman–Crippen LogP) is 3.10. The van der Waals surface area contributed by atoms with Gasteiger partial charge in [0.05, 0.1) is 13.2 Å². The molecule has 1 aliphatic heterocycles. The van der Waals surface area contributed by atoms with E-state index in [1.807, 2.05) is 0 Å². The third-order valence-electron chi connectivity index (χ3n) is 4.26. The first-order valence-electron chi connectivity index (χ1n) is 7.42. The van der Waals surface area contributed by atoms with Crippen molar-refractivity contribution < 1.29 is 27.8 Å². The van der Waals surface area contributed by atoms with Crippen LogP contribution in [0.1, 0.15) is 24.4 Å². The van der Waals surface area contributed by atoms with Gasteiger partial charge in [-0.25, -0.2) is 0 Å². The van der Waals surface area contributed by atoms with Crippen LogP contribution in [-0.4, -0.2) is 33.0 Å².